The normalized spacial score (nSPS) is 0. The smallest absolute Gasteiger partial charge is 0.0149 e. The van der Waals surface area contributed by atoms with E-state index in [0.717, 1.165) is 0 Å². The third kappa shape index (κ3) is 8.85. The molecule has 0 N–H and O–H groups in total. The minimum atomic E-state index is 0. The van der Waals surface area contributed by atoms with E-state index in [1.807, 2.05) is 0 Å². The van der Waals surface area contributed by atoms with Gasteiger partial charge in [-0.25, -0.2) is 0 Å². The summed E-state index contributed by atoms with van der Waals surface area (Å²) in [7, 11) is 0. The molecule has 0 nitrogen and oxygen atoms in total. The Morgan fingerprint density at radius 1 is 1.00 bits per heavy atom. The van der Waals surface area contributed by atoms with Crippen LogP contribution in [0, 0.1) is 0 Å². The molecule has 0 aromatic heterocycles. The van der Waals surface area contributed by atoms with E-state index in [1.165, 1.54) is 0 Å². The molecular formula is H7AlMoSiZr. The molecule has 0 rings (SSSR count). The molecule has 0 aliphatic heterocycles. The molecular weight excluding hydrogens is 242 g/mol. The maximum atomic E-state index is 0. The summed E-state index contributed by atoms with van der Waals surface area (Å²) < 4.78 is 0. The summed E-state index contributed by atoms with van der Waals surface area (Å²) in [4.78, 5) is 0. The summed E-state index contributed by atoms with van der Waals surface area (Å²) in [5.41, 5.74) is 0. The van der Waals surface area contributed by atoms with Crippen molar-refractivity contribution in [1.29, 1.82) is 0 Å². The molecule has 0 bridgehead atoms. The molecule has 4 heavy (non-hydrogen) atoms. The zero-order valence-electron chi connectivity index (χ0n) is 0.908. The van der Waals surface area contributed by atoms with Gasteiger partial charge in [0.25, 0.3) is 0 Å². The monoisotopic (exact) mass is 250 g/mol. The summed E-state index contributed by atoms with van der Waals surface area (Å²) >= 11 is 0. The fraction of sp³-hybridized carbons (Fsp3) is 0. The van der Waals surface area contributed by atoms with Crippen molar-refractivity contribution in [3.05, 3.63) is 0 Å². The van der Waals surface area contributed by atoms with Gasteiger partial charge in [-0.05, 0) is 11.0 Å². The van der Waals surface area contributed by atoms with Crippen LogP contribution in [0.4, 0.5) is 0 Å². The van der Waals surface area contributed by atoms with E-state index in [1.54, 1.807) is 0 Å². The molecule has 0 aliphatic rings. The predicted octanol–water partition coefficient (Wildman–Crippen LogP) is -2.64. The fourth-order valence-corrected chi connectivity index (χ4v) is 0. The molecule has 0 aliphatic carbocycles. The minimum absolute atomic E-state index is 0. The van der Waals surface area contributed by atoms with E-state index in [9.17, 15) is 0 Å². The van der Waals surface area contributed by atoms with Gasteiger partial charge in [0.1, 0.15) is 0 Å². The predicted molar refractivity (Wildman–Crippen MR) is 21.3 cm³/mol. The van der Waals surface area contributed by atoms with E-state index in [0.29, 0.717) is 0 Å². The first-order chi connectivity index (χ1) is 0. The molecule has 4 heteroatoms. The maximum Gasteiger partial charge on any atom is 0.187 e. The molecule has 0 radical (unpaired) electrons. The van der Waals surface area contributed by atoms with Crippen LogP contribution in [-0.2, 0) is 47.3 Å². The van der Waals surface area contributed by atoms with Crippen molar-refractivity contribution in [2.45, 2.75) is 0 Å². The fourth-order valence-electron chi connectivity index (χ4n) is 0. The van der Waals surface area contributed by atoms with Crippen molar-refractivity contribution in [3.8, 4) is 0 Å². The first-order valence-electron chi connectivity index (χ1n) is 0. The Labute approximate surface area is 74.7 Å². The van der Waals surface area contributed by atoms with Gasteiger partial charge >= 0.3 is 0 Å². The van der Waals surface area contributed by atoms with Gasteiger partial charge < -0.3 is 0 Å². The van der Waals surface area contributed by atoms with Crippen LogP contribution < -0.4 is 0 Å². The van der Waals surface area contributed by atoms with Crippen molar-refractivity contribution < 1.29 is 47.3 Å². The van der Waals surface area contributed by atoms with Crippen LogP contribution in [0.3, 0.4) is 0 Å². The van der Waals surface area contributed by atoms with Crippen LogP contribution in [0.25, 0.3) is 0 Å². The second-order valence-electron chi connectivity index (χ2n) is 0. The molecule has 0 amide bonds. The van der Waals surface area contributed by atoms with Crippen LogP contribution >= 0.6 is 0 Å². The summed E-state index contributed by atoms with van der Waals surface area (Å²) in [5.74, 6) is 0. The van der Waals surface area contributed by atoms with Gasteiger partial charge in [-0.3, -0.25) is 0 Å². The topological polar surface area (TPSA) is 0 Å². The van der Waals surface area contributed by atoms with Crippen LogP contribution in [0.15, 0.2) is 0 Å². The van der Waals surface area contributed by atoms with E-state index < -0.39 is 0 Å². The van der Waals surface area contributed by atoms with Gasteiger partial charge in [0.05, 0.1) is 0 Å². The number of hydrogen-bond donors (Lipinski definition) is 0. The van der Waals surface area contributed by atoms with Crippen LogP contribution in [-0.4, -0.2) is 28.3 Å². The molecule has 0 fully saturated rings. The molecule has 0 spiro atoms. The largest absolute Gasteiger partial charge is 0.187 e. The number of hydrogen-bond acceptors (Lipinski definition) is 0. The molecule has 0 heterocycles. The van der Waals surface area contributed by atoms with Gasteiger partial charge in [-0.1, -0.05) is 0 Å². The minimum Gasteiger partial charge on any atom is -0.0149 e. The van der Waals surface area contributed by atoms with Gasteiger partial charge in [-0.2, -0.15) is 0 Å². The molecule has 0 saturated heterocycles. The molecule has 0 saturated carbocycles. The Bertz CT molecular complexity index is 8.00. The van der Waals surface area contributed by atoms with Gasteiger partial charge in [0.15, 0.2) is 17.4 Å². The molecule has 0 aromatic carbocycles. The standard InChI is InChI=1S/Al.Mo.H4Si.Zr.3H/h;;1H4;;;;. The Morgan fingerprint density at radius 2 is 1.00 bits per heavy atom. The maximum absolute atomic E-state index is 0. The average Bonchev–Trinajstić information content (AvgIpc) is 0. The van der Waals surface area contributed by atoms with Crippen LogP contribution in [0.5, 0.6) is 0 Å². The zero-order chi connectivity index (χ0) is 0. The second-order valence-corrected chi connectivity index (χ2v) is 0. The Balaban J connectivity index is 0. The molecule has 0 aromatic rings. The van der Waals surface area contributed by atoms with Gasteiger partial charge in [0, 0.05) is 47.3 Å². The van der Waals surface area contributed by atoms with Crippen LogP contribution in [0.2, 0.25) is 0 Å². The van der Waals surface area contributed by atoms with Crippen molar-refractivity contribution >= 4 is 28.3 Å². The second kappa shape index (κ2) is 18.4. The third-order valence-corrected chi connectivity index (χ3v) is 0. The number of rotatable bonds is 0. The van der Waals surface area contributed by atoms with Crippen molar-refractivity contribution in [1.82, 2.24) is 0 Å². The van der Waals surface area contributed by atoms with Crippen molar-refractivity contribution in [2.75, 3.05) is 0 Å². The molecule has 24 valence electrons. The first-order valence-corrected chi connectivity index (χ1v) is 0. The Hall–Kier alpha value is 2.32. The van der Waals surface area contributed by atoms with Gasteiger partial charge in [0.2, 0.25) is 0 Å². The SMILES string of the molecule is [AlH3].[Mo].[SiH4].[Zr]. The van der Waals surface area contributed by atoms with E-state index >= 15 is 0 Å². The van der Waals surface area contributed by atoms with Gasteiger partial charge in [-0.15, -0.1) is 0 Å². The summed E-state index contributed by atoms with van der Waals surface area (Å²) in [6.07, 6.45) is 0. The third-order valence-electron chi connectivity index (χ3n) is 0. The summed E-state index contributed by atoms with van der Waals surface area (Å²) in [6.45, 7) is 0. The summed E-state index contributed by atoms with van der Waals surface area (Å²) in [5, 5.41) is 0. The van der Waals surface area contributed by atoms with E-state index in [2.05, 4.69) is 0 Å². The van der Waals surface area contributed by atoms with Crippen LogP contribution in [0.1, 0.15) is 0 Å². The van der Waals surface area contributed by atoms with E-state index in [4.69, 9.17) is 0 Å². The molecule has 0 unspecified atom stereocenters. The zero-order valence-corrected chi connectivity index (χ0v) is 5.37. The Morgan fingerprint density at radius 3 is 1.00 bits per heavy atom. The first kappa shape index (κ1) is 33.2. The average molecular weight is 249 g/mol. The van der Waals surface area contributed by atoms with Crippen molar-refractivity contribution in [2.24, 2.45) is 0 Å². The Kier molecular flexibility index (Phi) is 153. The van der Waals surface area contributed by atoms with E-state index in [-0.39, 0.29) is 75.6 Å². The van der Waals surface area contributed by atoms with Crippen molar-refractivity contribution in [3.63, 3.8) is 0 Å². The molecule has 0 atom stereocenters. The summed E-state index contributed by atoms with van der Waals surface area (Å²) in [6, 6.07) is 0. The quantitative estimate of drug-likeness (QED) is 0.412.